The van der Waals surface area contributed by atoms with Crippen LogP contribution >= 0.6 is 0 Å². The van der Waals surface area contributed by atoms with Gasteiger partial charge in [-0.2, -0.15) is 17.0 Å². The van der Waals surface area contributed by atoms with Gasteiger partial charge in [-0.15, -0.1) is 0 Å². The highest BCUT2D eigenvalue weighted by Crippen LogP contribution is 2.24. The van der Waals surface area contributed by atoms with E-state index in [-0.39, 0.29) is 6.04 Å². The molecule has 0 aliphatic heterocycles. The van der Waals surface area contributed by atoms with Crippen molar-refractivity contribution in [3.63, 3.8) is 0 Å². The first kappa shape index (κ1) is 21.4. The SMILES string of the molecule is CCN(CC)S(=O)(=O)N(Cc1ccccc1)C(C)Cc1ccccc1OC. The van der Waals surface area contributed by atoms with Gasteiger partial charge in [-0.05, 0) is 30.5 Å². The first-order valence-corrected chi connectivity index (χ1v) is 10.8. The van der Waals surface area contributed by atoms with Gasteiger partial charge in [0.1, 0.15) is 5.75 Å². The molecule has 6 heteroatoms. The summed E-state index contributed by atoms with van der Waals surface area (Å²) in [4.78, 5) is 0. The van der Waals surface area contributed by atoms with Gasteiger partial charge in [-0.25, -0.2) is 0 Å². The smallest absolute Gasteiger partial charge is 0.282 e. The van der Waals surface area contributed by atoms with Crippen molar-refractivity contribution in [3.05, 3.63) is 65.7 Å². The quantitative estimate of drug-likeness (QED) is 0.621. The monoisotopic (exact) mass is 390 g/mol. The van der Waals surface area contributed by atoms with Gasteiger partial charge in [-0.3, -0.25) is 0 Å². The number of nitrogens with zero attached hydrogens (tertiary/aromatic N) is 2. The van der Waals surface area contributed by atoms with Crippen LogP contribution in [-0.2, 0) is 23.2 Å². The van der Waals surface area contributed by atoms with Crippen LogP contribution in [0.15, 0.2) is 54.6 Å². The molecule has 5 nitrogen and oxygen atoms in total. The first-order chi connectivity index (χ1) is 12.9. The van der Waals surface area contributed by atoms with Crippen LogP contribution in [-0.4, -0.2) is 43.3 Å². The van der Waals surface area contributed by atoms with Crippen LogP contribution in [0.1, 0.15) is 31.9 Å². The van der Waals surface area contributed by atoms with Crippen LogP contribution in [0.4, 0.5) is 0 Å². The second-order valence-electron chi connectivity index (χ2n) is 6.49. The van der Waals surface area contributed by atoms with E-state index in [1.54, 1.807) is 11.4 Å². The van der Waals surface area contributed by atoms with Crippen LogP contribution in [0.5, 0.6) is 5.75 Å². The molecule has 2 rings (SSSR count). The molecule has 1 atom stereocenters. The number of rotatable bonds is 10. The Morgan fingerprint density at radius 2 is 1.56 bits per heavy atom. The predicted molar refractivity (Wildman–Crippen MR) is 110 cm³/mol. The maximum absolute atomic E-state index is 13.3. The maximum atomic E-state index is 13.3. The fourth-order valence-corrected chi connectivity index (χ4v) is 5.01. The Kier molecular flexibility index (Phi) is 7.83. The lowest BCUT2D eigenvalue weighted by Gasteiger charge is -2.33. The predicted octanol–water partition coefficient (Wildman–Crippen LogP) is 3.72. The van der Waals surface area contributed by atoms with Gasteiger partial charge >= 0.3 is 0 Å². The molecule has 0 fully saturated rings. The lowest BCUT2D eigenvalue weighted by Crippen LogP contribution is -2.47. The summed E-state index contributed by atoms with van der Waals surface area (Å²) < 4.78 is 35.2. The van der Waals surface area contributed by atoms with Crippen molar-refractivity contribution in [2.24, 2.45) is 0 Å². The first-order valence-electron chi connectivity index (χ1n) is 9.36. The van der Waals surface area contributed by atoms with Crippen molar-refractivity contribution in [2.45, 2.75) is 39.8 Å². The Bertz CT molecular complexity index is 805. The molecule has 0 heterocycles. The number of para-hydroxylation sites is 1. The van der Waals surface area contributed by atoms with Crippen molar-refractivity contribution >= 4 is 10.2 Å². The number of benzene rings is 2. The van der Waals surface area contributed by atoms with Crippen LogP contribution in [0.2, 0.25) is 0 Å². The highest BCUT2D eigenvalue weighted by atomic mass is 32.2. The summed E-state index contributed by atoms with van der Waals surface area (Å²) in [7, 11) is -1.94. The fraction of sp³-hybridized carbons (Fsp3) is 0.429. The summed E-state index contributed by atoms with van der Waals surface area (Å²) in [6.07, 6.45) is 0.581. The molecule has 0 radical (unpaired) electrons. The Balaban J connectivity index is 2.36. The summed E-state index contributed by atoms with van der Waals surface area (Å²) >= 11 is 0. The molecule has 2 aromatic carbocycles. The van der Waals surface area contributed by atoms with Gasteiger partial charge in [0.05, 0.1) is 7.11 Å². The third-order valence-corrected chi connectivity index (χ3v) is 6.96. The van der Waals surface area contributed by atoms with Gasteiger partial charge in [0.25, 0.3) is 10.2 Å². The molecule has 0 spiro atoms. The average Bonchev–Trinajstić information content (AvgIpc) is 2.67. The van der Waals surface area contributed by atoms with Gasteiger partial charge in [-0.1, -0.05) is 62.4 Å². The maximum Gasteiger partial charge on any atom is 0.282 e. The molecule has 2 aromatic rings. The number of hydrogen-bond donors (Lipinski definition) is 0. The zero-order valence-electron chi connectivity index (χ0n) is 16.6. The summed E-state index contributed by atoms with van der Waals surface area (Å²) in [6.45, 7) is 6.93. The van der Waals surface area contributed by atoms with E-state index in [2.05, 4.69) is 0 Å². The van der Waals surface area contributed by atoms with E-state index < -0.39 is 10.2 Å². The zero-order chi connectivity index (χ0) is 19.9. The molecule has 0 aromatic heterocycles. The summed E-state index contributed by atoms with van der Waals surface area (Å²) in [5, 5.41) is 0. The van der Waals surface area contributed by atoms with Gasteiger partial charge in [0.2, 0.25) is 0 Å². The molecule has 0 bridgehead atoms. The topological polar surface area (TPSA) is 49.9 Å². The van der Waals surface area contributed by atoms with Crippen LogP contribution in [0.25, 0.3) is 0 Å². The number of ether oxygens (including phenoxy) is 1. The van der Waals surface area contributed by atoms with Crippen LogP contribution in [0.3, 0.4) is 0 Å². The summed E-state index contributed by atoms with van der Waals surface area (Å²) in [5.41, 5.74) is 1.97. The minimum atomic E-state index is -3.57. The highest BCUT2D eigenvalue weighted by Gasteiger charge is 2.32. The van der Waals surface area contributed by atoms with Crippen molar-refractivity contribution in [3.8, 4) is 5.75 Å². The van der Waals surface area contributed by atoms with Crippen LogP contribution in [0, 0.1) is 0 Å². The van der Waals surface area contributed by atoms with E-state index in [1.807, 2.05) is 75.4 Å². The number of hydrogen-bond acceptors (Lipinski definition) is 3. The minimum absolute atomic E-state index is 0.216. The molecular formula is C21H30N2O3S. The third-order valence-electron chi connectivity index (χ3n) is 4.71. The Morgan fingerprint density at radius 1 is 0.963 bits per heavy atom. The second-order valence-corrected chi connectivity index (χ2v) is 8.37. The molecular weight excluding hydrogens is 360 g/mol. The largest absolute Gasteiger partial charge is 0.496 e. The summed E-state index contributed by atoms with van der Waals surface area (Å²) in [5.74, 6) is 0.782. The second kappa shape index (κ2) is 9.88. The van der Waals surface area contributed by atoms with E-state index in [4.69, 9.17) is 4.74 Å². The van der Waals surface area contributed by atoms with Crippen molar-refractivity contribution in [1.82, 2.24) is 8.61 Å². The standard InChI is InChI=1S/C21H30N2O3S/c1-5-22(6-2)27(24,25)23(17-19-12-8-7-9-13-19)18(3)16-20-14-10-11-15-21(20)26-4/h7-15,18H,5-6,16-17H2,1-4H3. The zero-order valence-corrected chi connectivity index (χ0v) is 17.4. The molecule has 0 saturated carbocycles. The lowest BCUT2D eigenvalue weighted by atomic mass is 10.1. The van der Waals surface area contributed by atoms with E-state index in [0.29, 0.717) is 26.1 Å². The molecule has 0 saturated heterocycles. The van der Waals surface area contributed by atoms with Crippen molar-refractivity contribution < 1.29 is 13.2 Å². The Labute approximate surface area is 163 Å². The van der Waals surface area contributed by atoms with E-state index in [1.165, 1.54) is 4.31 Å². The Morgan fingerprint density at radius 3 is 2.15 bits per heavy atom. The van der Waals surface area contributed by atoms with Crippen molar-refractivity contribution in [2.75, 3.05) is 20.2 Å². The molecule has 1 unspecified atom stereocenters. The van der Waals surface area contributed by atoms with Gasteiger partial charge in [0, 0.05) is 25.7 Å². The molecule has 148 valence electrons. The molecule has 27 heavy (non-hydrogen) atoms. The van der Waals surface area contributed by atoms with E-state index in [0.717, 1.165) is 16.9 Å². The lowest BCUT2D eigenvalue weighted by molar-refractivity contribution is 0.290. The van der Waals surface area contributed by atoms with Gasteiger partial charge in [0.15, 0.2) is 0 Å². The molecule has 0 aliphatic rings. The average molecular weight is 391 g/mol. The third kappa shape index (κ3) is 5.31. The van der Waals surface area contributed by atoms with Crippen molar-refractivity contribution in [1.29, 1.82) is 0 Å². The van der Waals surface area contributed by atoms with Gasteiger partial charge < -0.3 is 4.74 Å². The van der Waals surface area contributed by atoms with E-state index in [9.17, 15) is 8.42 Å². The summed E-state index contributed by atoms with van der Waals surface area (Å²) in [6, 6.07) is 17.3. The minimum Gasteiger partial charge on any atom is -0.496 e. The normalized spacial score (nSPS) is 13.1. The van der Waals surface area contributed by atoms with E-state index >= 15 is 0 Å². The van der Waals surface area contributed by atoms with Crippen LogP contribution < -0.4 is 4.74 Å². The Hall–Kier alpha value is -1.89. The fourth-order valence-electron chi connectivity index (χ4n) is 3.22. The molecule has 0 amide bonds. The molecule has 0 aliphatic carbocycles. The molecule has 0 N–H and O–H groups in total. The highest BCUT2D eigenvalue weighted by molar-refractivity contribution is 7.86. The number of methoxy groups -OCH3 is 1.